The van der Waals surface area contributed by atoms with Gasteiger partial charge in [-0.15, -0.1) is 0 Å². The van der Waals surface area contributed by atoms with Crippen LogP contribution >= 0.6 is 0 Å². The number of rotatable bonds is 8. The van der Waals surface area contributed by atoms with E-state index in [9.17, 15) is 28.7 Å². The Labute approximate surface area is 356 Å². The number of imidazole rings is 1. The maximum absolute atomic E-state index is 16.4. The Morgan fingerprint density at radius 2 is 1.74 bits per heavy atom. The predicted octanol–water partition coefficient (Wildman–Crippen LogP) is 6.04. The summed E-state index contributed by atoms with van der Waals surface area (Å²) in [4.78, 5) is 58.8. The van der Waals surface area contributed by atoms with Crippen LogP contribution in [0.4, 0.5) is 24.5 Å². The van der Waals surface area contributed by atoms with Gasteiger partial charge in [0, 0.05) is 67.5 Å². The predicted molar refractivity (Wildman–Crippen MR) is 227 cm³/mol. The molecule has 0 radical (unpaired) electrons. The van der Waals surface area contributed by atoms with E-state index in [-0.39, 0.29) is 48.5 Å². The van der Waals surface area contributed by atoms with Gasteiger partial charge < -0.3 is 15.3 Å². The number of piperidine rings is 3. The topological polar surface area (TPSA) is 160 Å². The number of alkyl halides is 2. The highest BCUT2D eigenvalue weighted by Gasteiger charge is 2.57. The van der Waals surface area contributed by atoms with Crippen LogP contribution in [0.3, 0.4) is 0 Å². The van der Waals surface area contributed by atoms with Crippen molar-refractivity contribution in [2.45, 2.75) is 95.2 Å². The molecule has 1 saturated carbocycles. The number of carbonyl (C=O) groups excluding carboxylic acids is 3. The second kappa shape index (κ2) is 15.7. The zero-order chi connectivity index (χ0) is 43.7. The molecule has 5 aromatic rings. The number of fused-ring (bicyclic) bond motifs is 2. The molecule has 3 amide bonds. The summed E-state index contributed by atoms with van der Waals surface area (Å²) in [5.41, 5.74) is 0.785. The molecular weight excluding hydrogens is 804 g/mol. The molecule has 4 fully saturated rings. The quantitative estimate of drug-likeness (QED) is 0.158. The molecule has 9 rings (SSSR count). The summed E-state index contributed by atoms with van der Waals surface area (Å²) in [5, 5.41) is 21.8. The van der Waals surface area contributed by atoms with E-state index in [1.165, 1.54) is 15.3 Å². The van der Waals surface area contributed by atoms with Gasteiger partial charge >= 0.3 is 5.69 Å². The number of pyridine rings is 1. The van der Waals surface area contributed by atoms with Gasteiger partial charge in [-0.1, -0.05) is 6.07 Å². The first-order chi connectivity index (χ1) is 29.5. The van der Waals surface area contributed by atoms with Crippen LogP contribution in [-0.2, 0) is 22.2 Å². The van der Waals surface area contributed by atoms with Gasteiger partial charge in [-0.3, -0.25) is 43.4 Å². The van der Waals surface area contributed by atoms with Crippen molar-refractivity contribution in [1.82, 2.24) is 34.1 Å². The molecule has 2 aromatic carbocycles. The third kappa shape index (κ3) is 7.56. The number of likely N-dealkylation sites (tertiary alicyclic amines) is 1. The van der Waals surface area contributed by atoms with Crippen LogP contribution in [0.15, 0.2) is 59.8 Å². The fraction of sp³-hybridized carbons (Fsp3) is 0.511. The zero-order valence-electron chi connectivity index (χ0n) is 35.2. The fourth-order valence-electron chi connectivity index (χ4n) is 10.5. The standard InChI is InChI=1S/C45H52F3N9O5/c1-43(2,62)32-21-33-29(20-34(32)50-40(59)28-19-30(46)23-49-22-28)25-56(52-33)31-9-7-27(8-10-31)24-54-16-13-44(45(47,48)26-54)14-17-55(18-15-44)35-5-4-6-36-39(35)53(3)42(61)57(36)37-11-12-38(58)51-41(37)60/h4-6,19-23,25,27,31,37,62H,7-18,24,26H2,1-3H3,(H,50,59)(H,51,58,60). The number of aryl methyl sites for hydroxylation is 1. The van der Waals surface area contributed by atoms with Crippen molar-refractivity contribution in [3.8, 4) is 0 Å². The van der Waals surface area contributed by atoms with Crippen LogP contribution in [-0.4, -0.2) is 90.3 Å². The Morgan fingerprint density at radius 3 is 2.44 bits per heavy atom. The molecule has 3 aliphatic heterocycles. The Bertz CT molecular complexity index is 2630. The molecule has 1 atom stereocenters. The number of para-hydroxylation sites is 1. The van der Waals surface area contributed by atoms with Crippen LogP contribution in [0.5, 0.6) is 0 Å². The number of hydrogen-bond donors (Lipinski definition) is 3. The van der Waals surface area contributed by atoms with Gasteiger partial charge in [0.25, 0.3) is 11.8 Å². The fourth-order valence-corrected chi connectivity index (χ4v) is 10.5. The zero-order valence-corrected chi connectivity index (χ0v) is 35.2. The third-order valence-electron chi connectivity index (χ3n) is 14.0. The van der Waals surface area contributed by atoms with Crippen LogP contribution in [0.25, 0.3) is 21.9 Å². The molecule has 6 heterocycles. The monoisotopic (exact) mass is 855 g/mol. The molecule has 14 nitrogen and oxygen atoms in total. The molecule has 3 saturated heterocycles. The molecule has 3 N–H and O–H groups in total. The van der Waals surface area contributed by atoms with E-state index in [0.717, 1.165) is 49.0 Å². The number of nitrogens with one attached hydrogen (secondary N) is 2. The summed E-state index contributed by atoms with van der Waals surface area (Å²) >= 11 is 0. The van der Waals surface area contributed by atoms with E-state index in [0.29, 0.717) is 73.2 Å². The van der Waals surface area contributed by atoms with Crippen molar-refractivity contribution >= 4 is 51.0 Å². The number of anilines is 2. The van der Waals surface area contributed by atoms with E-state index in [4.69, 9.17) is 5.10 Å². The van der Waals surface area contributed by atoms with Crippen molar-refractivity contribution < 1.29 is 32.7 Å². The first-order valence-electron chi connectivity index (χ1n) is 21.6. The number of benzene rings is 2. The van der Waals surface area contributed by atoms with Gasteiger partial charge in [0.05, 0.1) is 52.2 Å². The molecule has 3 aromatic heterocycles. The van der Waals surface area contributed by atoms with Crippen molar-refractivity contribution in [1.29, 1.82) is 0 Å². The largest absolute Gasteiger partial charge is 0.386 e. The molecule has 1 unspecified atom stereocenters. The van der Waals surface area contributed by atoms with Crippen LogP contribution in [0.2, 0.25) is 0 Å². The minimum Gasteiger partial charge on any atom is -0.386 e. The van der Waals surface area contributed by atoms with Gasteiger partial charge in [0.2, 0.25) is 11.8 Å². The van der Waals surface area contributed by atoms with Gasteiger partial charge in [-0.25, -0.2) is 18.0 Å². The van der Waals surface area contributed by atoms with Gasteiger partial charge in [-0.05, 0) is 108 Å². The maximum atomic E-state index is 16.4. The van der Waals surface area contributed by atoms with Crippen molar-refractivity contribution in [3.05, 3.63) is 82.4 Å². The van der Waals surface area contributed by atoms with Crippen LogP contribution in [0, 0.1) is 17.2 Å². The Morgan fingerprint density at radius 1 is 1.00 bits per heavy atom. The highest BCUT2D eigenvalue weighted by molar-refractivity contribution is 6.05. The summed E-state index contributed by atoms with van der Waals surface area (Å²) < 4.78 is 51.4. The Balaban J connectivity index is 0.818. The number of hydrogen-bond acceptors (Lipinski definition) is 9. The smallest absolute Gasteiger partial charge is 0.329 e. The van der Waals surface area contributed by atoms with E-state index in [1.807, 2.05) is 27.9 Å². The highest BCUT2D eigenvalue weighted by Crippen LogP contribution is 2.52. The highest BCUT2D eigenvalue weighted by atomic mass is 19.3. The normalized spacial score (nSPS) is 23.3. The molecule has 4 aliphatic rings. The lowest BCUT2D eigenvalue weighted by Gasteiger charge is -2.52. The second-order valence-electron chi connectivity index (χ2n) is 18.4. The van der Waals surface area contributed by atoms with E-state index in [2.05, 4.69) is 20.5 Å². The SMILES string of the molecule is Cn1c(=O)n(C2CCC(=O)NC2=O)c2cccc(N3CCC4(CCN(CC5CCC(n6cc7cc(NC(=O)c8cncc(F)c8)c(C(C)(C)O)cc7n6)CC5)CC4(F)F)CC3)c21. The average Bonchev–Trinajstić information content (AvgIpc) is 3.76. The number of aliphatic hydroxyl groups is 1. The molecule has 62 heavy (non-hydrogen) atoms. The van der Waals surface area contributed by atoms with E-state index >= 15 is 8.78 Å². The van der Waals surface area contributed by atoms with Gasteiger partial charge in [0.15, 0.2) is 0 Å². The lowest BCUT2D eigenvalue weighted by molar-refractivity contribution is -0.179. The Kier molecular flexibility index (Phi) is 10.6. The van der Waals surface area contributed by atoms with Gasteiger partial charge in [0.1, 0.15) is 11.9 Å². The van der Waals surface area contributed by atoms with Gasteiger partial charge in [-0.2, -0.15) is 5.10 Å². The lowest BCUT2D eigenvalue weighted by atomic mass is 9.68. The molecule has 1 spiro atoms. The minimum atomic E-state index is -2.87. The summed E-state index contributed by atoms with van der Waals surface area (Å²) in [5.74, 6) is -4.63. The number of halogens is 3. The van der Waals surface area contributed by atoms with Crippen molar-refractivity contribution in [2.24, 2.45) is 18.4 Å². The van der Waals surface area contributed by atoms with Crippen molar-refractivity contribution in [3.63, 3.8) is 0 Å². The summed E-state index contributed by atoms with van der Waals surface area (Å²) in [7, 11) is 1.66. The third-order valence-corrected chi connectivity index (χ3v) is 14.0. The van der Waals surface area contributed by atoms with Crippen LogP contribution < -0.4 is 21.2 Å². The second-order valence-corrected chi connectivity index (χ2v) is 18.4. The number of amides is 3. The summed E-state index contributed by atoms with van der Waals surface area (Å²) in [6.45, 7) is 5.03. The molecule has 1 aliphatic carbocycles. The number of imide groups is 1. The lowest BCUT2D eigenvalue weighted by Crippen LogP contribution is -2.59. The maximum Gasteiger partial charge on any atom is 0.329 e. The number of carbonyl (C=O) groups is 3. The van der Waals surface area contributed by atoms with E-state index < -0.39 is 40.6 Å². The van der Waals surface area contributed by atoms with E-state index in [1.54, 1.807) is 39.1 Å². The molecule has 17 heteroatoms. The minimum absolute atomic E-state index is 0.0524. The Hall–Kier alpha value is -5.55. The van der Waals surface area contributed by atoms with Crippen LogP contribution in [0.1, 0.15) is 99.6 Å². The number of aromatic nitrogens is 5. The molecule has 0 bridgehead atoms. The first-order valence-corrected chi connectivity index (χ1v) is 21.6. The molecular formula is C45H52F3N9O5. The average molecular weight is 856 g/mol. The first kappa shape index (κ1) is 41.8. The van der Waals surface area contributed by atoms with Crippen molar-refractivity contribution in [2.75, 3.05) is 42.9 Å². The summed E-state index contributed by atoms with van der Waals surface area (Å²) in [6.07, 6.45) is 9.09. The molecule has 328 valence electrons. The summed E-state index contributed by atoms with van der Waals surface area (Å²) in [6, 6.07) is 9.45. The number of nitrogens with zero attached hydrogens (tertiary/aromatic N) is 7.